The molecule has 4 nitrogen and oxygen atoms in total. The van der Waals surface area contributed by atoms with Gasteiger partial charge in [-0.2, -0.15) is 5.10 Å². The highest BCUT2D eigenvalue weighted by atomic mass is 35.5. The zero-order valence-corrected chi connectivity index (χ0v) is 12.5. The highest BCUT2D eigenvalue weighted by molar-refractivity contribution is 6.49. The summed E-state index contributed by atoms with van der Waals surface area (Å²) in [6, 6.07) is 11.2. The molecule has 21 heavy (non-hydrogen) atoms. The van der Waals surface area contributed by atoms with Gasteiger partial charge in [-0.1, -0.05) is 41.9 Å². The Morgan fingerprint density at radius 3 is 2.62 bits per heavy atom. The number of aryl methyl sites for hydroxylation is 2. The van der Waals surface area contributed by atoms with Crippen LogP contribution in [0.5, 0.6) is 0 Å². The maximum atomic E-state index is 11.9. The molecule has 0 fully saturated rings. The van der Waals surface area contributed by atoms with Gasteiger partial charge in [-0.05, 0) is 31.6 Å². The Morgan fingerprint density at radius 2 is 2.00 bits per heavy atom. The van der Waals surface area contributed by atoms with Crippen molar-refractivity contribution in [1.82, 2.24) is 5.43 Å². The summed E-state index contributed by atoms with van der Waals surface area (Å²) >= 11 is 6.11. The van der Waals surface area contributed by atoms with Crippen molar-refractivity contribution in [3.63, 3.8) is 0 Å². The Labute approximate surface area is 128 Å². The number of hydrogen-bond donors (Lipinski definition) is 1. The average molecular weight is 303 g/mol. The summed E-state index contributed by atoms with van der Waals surface area (Å²) in [4.78, 5) is 11.9. The van der Waals surface area contributed by atoms with Crippen molar-refractivity contribution < 1.29 is 9.21 Å². The highest BCUT2D eigenvalue weighted by Gasteiger charge is 2.12. The van der Waals surface area contributed by atoms with E-state index in [0.29, 0.717) is 22.1 Å². The predicted octanol–water partition coefficient (Wildman–Crippen LogP) is 3.89. The van der Waals surface area contributed by atoms with Gasteiger partial charge >= 0.3 is 0 Å². The summed E-state index contributed by atoms with van der Waals surface area (Å²) in [5.74, 6) is 0.941. The van der Waals surface area contributed by atoms with Gasteiger partial charge in [-0.15, -0.1) is 0 Å². The number of nitrogens with one attached hydrogen (secondary N) is 1. The summed E-state index contributed by atoms with van der Waals surface area (Å²) in [6.45, 7) is 3.52. The lowest BCUT2D eigenvalue weighted by Gasteiger charge is -1.97. The van der Waals surface area contributed by atoms with Gasteiger partial charge in [0, 0.05) is 11.2 Å². The third kappa shape index (κ3) is 4.07. The zero-order valence-electron chi connectivity index (χ0n) is 11.8. The first-order valence-corrected chi connectivity index (χ1v) is 6.77. The fraction of sp³-hybridized carbons (Fsp3) is 0.125. The molecular formula is C16H15ClN2O2. The number of nitrogens with zero attached hydrogens (tertiary/aromatic N) is 1. The van der Waals surface area contributed by atoms with Gasteiger partial charge < -0.3 is 4.42 Å². The number of halogens is 1. The first-order chi connectivity index (χ1) is 10.1. The minimum absolute atomic E-state index is 0.315. The van der Waals surface area contributed by atoms with Crippen LogP contribution in [-0.4, -0.2) is 12.1 Å². The molecule has 108 valence electrons. The lowest BCUT2D eigenvalue weighted by Crippen LogP contribution is -2.17. The van der Waals surface area contributed by atoms with E-state index in [0.717, 1.165) is 5.56 Å². The average Bonchev–Trinajstić information content (AvgIpc) is 2.83. The van der Waals surface area contributed by atoms with Crippen molar-refractivity contribution in [3.8, 4) is 0 Å². The van der Waals surface area contributed by atoms with E-state index in [2.05, 4.69) is 10.5 Å². The summed E-state index contributed by atoms with van der Waals surface area (Å²) < 4.78 is 5.29. The van der Waals surface area contributed by atoms with Gasteiger partial charge in [-0.25, -0.2) is 5.43 Å². The molecule has 0 aliphatic rings. The van der Waals surface area contributed by atoms with Gasteiger partial charge in [0.05, 0.1) is 5.56 Å². The predicted molar refractivity (Wildman–Crippen MR) is 84.4 cm³/mol. The Kier molecular flexibility index (Phi) is 4.95. The van der Waals surface area contributed by atoms with Crippen molar-refractivity contribution >= 4 is 28.8 Å². The molecule has 2 rings (SSSR count). The molecule has 0 atom stereocenters. The summed E-state index contributed by atoms with van der Waals surface area (Å²) in [5.41, 5.74) is 3.79. The van der Waals surface area contributed by atoms with Crippen LogP contribution in [0.15, 0.2) is 52.0 Å². The molecular weight excluding hydrogens is 288 g/mol. The molecule has 5 heteroatoms. The number of carbonyl (C=O) groups is 1. The van der Waals surface area contributed by atoms with Crippen LogP contribution in [0.4, 0.5) is 0 Å². The first kappa shape index (κ1) is 15.1. The fourth-order valence-corrected chi connectivity index (χ4v) is 1.99. The molecule has 0 bridgehead atoms. The number of benzene rings is 1. The number of rotatable bonds is 4. The van der Waals surface area contributed by atoms with Crippen LogP contribution in [0.1, 0.15) is 27.4 Å². The summed E-state index contributed by atoms with van der Waals surface area (Å²) in [6.07, 6.45) is 3.06. The normalized spacial score (nSPS) is 11.9. The van der Waals surface area contributed by atoms with Crippen molar-refractivity contribution in [2.24, 2.45) is 5.10 Å². The molecule has 0 saturated carbocycles. The summed E-state index contributed by atoms with van der Waals surface area (Å²) in [5, 5.41) is 4.38. The van der Waals surface area contributed by atoms with E-state index in [4.69, 9.17) is 16.0 Å². The topological polar surface area (TPSA) is 54.6 Å². The molecule has 1 amide bonds. The van der Waals surface area contributed by atoms with Crippen LogP contribution in [0.2, 0.25) is 0 Å². The quantitative estimate of drug-likeness (QED) is 0.688. The first-order valence-electron chi connectivity index (χ1n) is 6.39. The Morgan fingerprint density at radius 1 is 1.29 bits per heavy atom. The number of hydrogen-bond acceptors (Lipinski definition) is 3. The van der Waals surface area contributed by atoms with Crippen LogP contribution < -0.4 is 5.43 Å². The molecule has 0 unspecified atom stereocenters. The van der Waals surface area contributed by atoms with E-state index in [9.17, 15) is 4.79 Å². The standard InChI is InChI=1S/C16H15ClN2O2/c1-11-10-14(12(2)21-11)16(20)19-18-9-8-15(17)13-6-4-3-5-7-13/h3-10H,1-2H3,(H,19,20)/b15-8-,18-9+. The van der Waals surface area contributed by atoms with Crippen LogP contribution in [0.25, 0.3) is 5.03 Å². The SMILES string of the molecule is Cc1cc(C(=O)N/N=C/C=C(\Cl)c2ccccc2)c(C)o1. The lowest BCUT2D eigenvalue weighted by atomic mass is 10.2. The van der Waals surface area contributed by atoms with E-state index >= 15 is 0 Å². The number of hydrazone groups is 1. The Hall–Kier alpha value is -2.33. The van der Waals surface area contributed by atoms with Crippen molar-refractivity contribution in [2.75, 3.05) is 0 Å². The minimum atomic E-state index is -0.315. The largest absolute Gasteiger partial charge is 0.466 e. The molecule has 1 aromatic carbocycles. The van der Waals surface area contributed by atoms with E-state index in [1.165, 1.54) is 6.21 Å². The van der Waals surface area contributed by atoms with Crippen LogP contribution >= 0.6 is 11.6 Å². The molecule has 2 aromatic rings. The second-order valence-corrected chi connectivity index (χ2v) is 4.83. The van der Waals surface area contributed by atoms with Crippen molar-refractivity contribution in [2.45, 2.75) is 13.8 Å². The lowest BCUT2D eigenvalue weighted by molar-refractivity contribution is 0.0953. The highest BCUT2D eigenvalue weighted by Crippen LogP contribution is 2.17. The second kappa shape index (κ2) is 6.90. The van der Waals surface area contributed by atoms with Crippen molar-refractivity contribution in [1.29, 1.82) is 0 Å². The number of carbonyl (C=O) groups excluding carboxylic acids is 1. The molecule has 0 aliphatic carbocycles. The van der Waals surface area contributed by atoms with Crippen LogP contribution in [0.3, 0.4) is 0 Å². The third-order valence-electron chi connectivity index (χ3n) is 2.80. The fourth-order valence-electron chi connectivity index (χ4n) is 1.81. The minimum Gasteiger partial charge on any atom is -0.466 e. The smallest absolute Gasteiger partial charge is 0.274 e. The molecule has 0 radical (unpaired) electrons. The molecule has 1 aromatic heterocycles. The summed E-state index contributed by atoms with van der Waals surface area (Å²) in [7, 11) is 0. The number of furan rings is 1. The monoisotopic (exact) mass is 302 g/mol. The second-order valence-electron chi connectivity index (χ2n) is 4.43. The third-order valence-corrected chi connectivity index (χ3v) is 3.14. The van der Waals surface area contributed by atoms with Gasteiger partial charge in [0.2, 0.25) is 0 Å². The van der Waals surface area contributed by atoms with E-state index in [1.807, 2.05) is 30.3 Å². The number of amides is 1. The van der Waals surface area contributed by atoms with Gasteiger partial charge in [0.15, 0.2) is 0 Å². The maximum Gasteiger partial charge on any atom is 0.274 e. The van der Waals surface area contributed by atoms with Crippen molar-refractivity contribution in [3.05, 3.63) is 65.1 Å². The van der Waals surface area contributed by atoms with E-state index in [-0.39, 0.29) is 5.91 Å². The van der Waals surface area contributed by atoms with E-state index < -0.39 is 0 Å². The van der Waals surface area contributed by atoms with Crippen LogP contribution in [0, 0.1) is 13.8 Å². The molecule has 0 saturated heterocycles. The zero-order chi connectivity index (χ0) is 15.2. The molecule has 1 heterocycles. The Bertz CT molecular complexity index is 688. The molecule has 0 spiro atoms. The molecule has 0 aliphatic heterocycles. The van der Waals surface area contributed by atoms with E-state index in [1.54, 1.807) is 26.0 Å². The maximum absolute atomic E-state index is 11.9. The van der Waals surface area contributed by atoms with Gasteiger partial charge in [0.25, 0.3) is 5.91 Å². The molecule has 1 N–H and O–H groups in total. The Balaban J connectivity index is 1.97. The van der Waals surface area contributed by atoms with Gasteiger partial charge in [0.1, 0.15) is 11.5 Å². The van der Waals surface area contributed by atoms with Gasteiger partial charge in [-0.3, -0.25) is 4.79 Å². The number of allylic oxidation sites excluding steroid dienone is 1. The van der Waals surface area contributed by atoms with Crippen LogP contribution in [-0.2, 0) is 0 Å².